The van der Waals surface area contributed by atoms with Crippen LogP contribution < -0.4 is 10.9 Å². The lowest BCUT2D eigenvalue weighted by molar-refractivity contribution is -0.114. The molecule has 0 saturated heterocycles. The summed E-state index contributed by atoms with van der Waals surface area (Å²) < 4.78 is 1.28. The van der Waals surface area contributed by atoms with Gasteiger partial charge >= 0.3 is 0 Å². The second-order valence-corrected chi connectivity index (χ2v) is 8.72. The van der Waals surface area contributed by atoms with Crippen LogP contribution in [0.15, 0.2) is 91.9 Å². The van der Waals surface area contributed by atoms with Crippen LogP contribution in [-0.2, 0) is 10.3 Å². The number of aromatic hydroxyl groups is 1. The summed E-state index contributed by atoms with van der Waals surface area (Å²) in [5.74, 6) is -0.314. The number of hydrogen-bond acceptors (Lipinski definition) is 5. The molecule has 8 heteroatoms. The Bertz CT molecular complexity index is 1130. The van der Waals surface area contributed by atoms with E-state index in [1.807, 2.05) is 60.7 Å². The average molecular weight is 542 g/mol. The predicted octanol–water partition coefficient (Wildman–Crippen LogP) is 4.66. The lowest BCUT2D eigenvalue weighted by Gasteiger charge is -2.30. The van der Waals surface area contributed by atoms with Crippen molar-refractivity contribution in [3.05, 3.63) is 98.4 Å². The van der Waals surface area contributed by atoms with E-state index < -0.39 is 11.4 Å². The summed E-state index contributed by atoms with van der Waals surface area (Å²) >= 11 is 6.65. The topological polar surface area (TPSA) is 86.1 Å². The third-order valence-corrected chi connectivity index (χ3v) is 6.37. The number of phenolic OH excluding ortho intramolecular Hbond substituents is 1. The molecular weight excluding hydrogens is 524 g/mol. The molecule has 1 aliphatic rings. The number of hydrogen-bond donors (Lipinski definition) is 3. The van der Waals surface area contributed by atoms with Crippen molar-refractivity contribution < 1.29 is 9.90 Å². The van der Waals surface area contributed by atoms with Gasteiger partial charge in [-0.2, -0.15) is 10.2 Å². The Morgan fingerprint density at radius 1 is 1.03 bits per heavy atom. The van der Waals surface area contributed by atoms with Crippen molar-refractivity contribution in [2.75, 3.05) is 0 Å². The van der Waals surface area contributed by atoms with E-state index >= 15 is 0 Å². The fourth-order valence-electron chi connectivity index (χ4n) is 3.45. The quantitative estimate of drug-likeness (QED) is 0.324. The van der Waals surface area contributed by atoms with Gasteiger partial charge in [0.15, 0.2) is 0 Å². The van der Waals surface area contributed by atoms with Gasteiger partial charge in [-0.15, -0.1) is 0 Å². The number of nitrogens with one attached hydrogen (secondary N) is 2. The highest BCUT2D eigenvalue weighted by Gasteiger charge is 2.41. The van der Waals surface area contributed by atoms with E-state index in [1.54, 1.807) is 6.07 Å². The Morgan fingerprint density at radius 3 is 2.26 bits per heavy atom. The molecule has 0 spiro atoms. The number of nitrogens with zero attached hydrogens (tertiary/aromatic N) is 2. The summed E-state index contributed by atoms with van der Waals surface area (Å²) in [5.41, 5.74) is 8.10. The van der Waals surface area contributed by atoms with Crippen molar-refractivity contribution in [2.45, 2.75) is 12.0 Å². The molecule has 31 heavy (non-hydrogen) atoms. The van der Waals surface area contributed by atoms with E-state index in [0.717, 1.165) is 15.6 Å². The van der Waals surface area contributed by atoms with E-state index in [4.69, 9.17) is 0 Å². The average Bonchev–Trinajstić information content (AvgIpc) is 3.25. The summed E-state index contributed by atoms with van der Waals surface area (Å²) in [6, 6.07) is 23.1. The first-order valence-electron chi connectivity index (χ1n) is 9.46. The molecule has 6 nitrogen and oxygen atoms in total. The Hall–Kier alpha value is -2.97. The Kier molecular flexibility index (Phi) is 6.20. The highest BCUT2D eigenvalue weighted by Crippen LogP contribution is 2.36. The Labute approximate surface area is 196 Å². The maximum absolute atomic E-state index is 12.7. The van der Waals surface area contributed by atoms with Crippen LogP contribution in [0.2, 0.25) is 0 Å². The molecule has 3 aromatic carbocycles. The molecule has 0 bridgehead atoms. The van der Waals surface area contributed by atoms with Crippen LogP contribution in [-0.4, -0.2) is 22.9 Å². The minimum atomic E-state index is -0.626. The van der Waals surface area contributed by atoms with Crippen molar-refractivity contribution in [1.82, 2.24) is 10.9 Å². The van der Waals surface area contributed by atoms with Gasteiger partial charge in [-0.3, -0.25) is 10.2 Å². The minimum Gasteiger partial charge on any atom is -0.507 e. The van der Waals surface area contributed by atoms with Gasteiger partial charge in [0, 0.05) is 16.5 Å². The molecule has 0 fully saturated rings. The third-order valence-electron chi connectivity index (χ3n) is 5.05. The van der Waals surface area contributed by atoms with Gasteiger partial charge in [-0.25, -0.2) is 5.43 Å². The fourth-order valence-corrected chi connectivity index (χ4v) is 4.54. The zero-order valence-electron chi connectivity index (χ0n) is 16.2. The number of hydrazone groups is 2. The number of benzene rings is 3. The van der Waals surface area contributed by atoms with Crippen molar-refractivity contribution >= 4 is 49.7 Å². The van der Waals surface area contributed by atoms with Crippen LogP contribution in [0, 0.1) is 0 Å². The number of phenols is 1. The molecule has 0 unspecified atom stereocenters. The van der Waals surface area contributed by atoms with Gasteiger partial charge in [0.05, 0.1) is 10.7 Å². The van der Waals surface area contributed by atoms with Gasteiger partial charge in [0.25, 0.3) is 5.91 Å². The van der Waals surface area contributed by atoms with E-state index in [2.05, 4.69) is 52.9 Å². The summed E-state index contributed by atoms with van der Waals surface area (Å²) in [7, 11) is 0. The molecule has 156 valence electrons. The number of carbonyl (C=O) groups excluding carboxylic acids is 1. The standard InChI is InChI=1S/C23H18Br2N4O2/c24-18-12-19(25)21(30)11-15(18)14-26-28-22(31)20-13-23(29-27-20,16-7-3-1-4-8-16)17-9-5-2-6-10-17/h1-12,14,29-30H,13H2,(H,28,31)/b26-14+. The fraction of sp³-hybridized carbons (Fsp3) is 0.0870. The third kappa shape index (κ3) is 4.40. The number of carbonyl (C=O) groups is 1. The Morgan fingerprint density at radius 2 is 1.65 bits per heavy atom. The summed E-state index contributed by atoms with van der Waals surface area (Å²) in [6.45, 7) is 0. The first-order valence-corrected chi connectivity index (χ1v) is 11.0. The summed E-state index contributed by atoms with van der Waals surface area (Å²) in [5, 5.41) is 18.2. The monoisotopic (exact) mass is 540 g/mol. The largest absolute Gasteiger partial charge is 0.507 e. The Balaban J connectivity index is 1.52. The molecule has 3 N–H and O–H groups in total. The molecule has 0 aliphatic carbocycles. The lowest BCUT2D eigenvalue weighted by Crippen LogP contribution is -2.38. The van der Waals surface area contributed by atoms with Crippen molar-refractivity contribution in [3.8, 4) is 5.75 Å². The zero-order chi connectivity index (χ0) is 21.8. The van der Waals surface area contributed by atoms with Crippen molar-refractivity contribution in [1.29, 1.82) is 0 Å². The van der Waals surface area contributed by atoms with E-state index in [1.165, 1.54) is 12.3 Å². The highest BCUT2D eigenvalue weighted by atomic mass is 79.9. The predicted molar refractivity (Wildman–Crippen MR) is 128 cm³/mol. The van der Waals surface area contributed by atoms with Gasteiger partial charge < -0.3 is 5.11 Å². The molecule has 1 aliphatic heterocycles. The maximum Gasteiger partial charge on any atom is 0.287 e. The van der Waals surface area contributed by atoms with Gasteiger partial charge in [0.1, 0.15) is 17.0 Å². The van der Waals surface area contributed by atoms with Crippen LogP contribution >= 0.6 is 31.9 Å². The normalized spacial score (nSPS) is 14.8. The molecule has 0 radical (unpaired) electrons. The van der Waals surface area contributed by atoms with Crippen LogP contribution in [0.25, 0.3) is 0 Å². The van der Waals surface area contributed by atoms with Crippen LogP contribution in [0.3, 0.4) is 0 Å². The van der Waals surface area contributed by atoms with Crippen molar-refractivity contribution in [3.63, 3.8) is 0 Å². The highest BCUT2D eigenvalue weighted by molar-refractivity contribution is 9.11. The second kappa shape index (κ2) is 9.03. The van der Waals surface area contributed by atoms with E-state index in [9.17, 15) is 9.90 Å². The second-order valence-electron chi connectivity index (χ2n) is 7.01. The number of amides is 1. The van der Waals surface area contributed by atoms with Gasteiger partial charge in [-0.05, 0) is 39.2 Å². The van der Waals surface area contributed by atoms with Crippen LogP contribution in [0.4, 0.5) is 0 Å². The molecule has 0 atom stereocenters. The summed E-state index contributed by atoms with van der Waals surface area (Å²) in [6.07, 6.45) is 1.84. The van der Waals surface area contributed by atoms with Crippen LogP contribution in [0.5, 0.6) is 5.75 Å². The molecule has 0 saturated carbocycles. The summed E-state index contributed by atoms with van der Waals surface area (Å²) in [4.78, 5) is 12.7. The van der Waals surface area contributed by atoms with E-state index in [-0.39, 0.29) is 5.75 Å². The van der Waals surface area contributed by atoms with Crippen molar-refractivity contribution in [2.24, 2.45) is 10.2 Å². The molecule has 0 aromatic heterocycles. The molecule has 1 heterocycles. The minimum absolute atomic E-state index is 0.0795. The number of rotatable bonds is 5. The number of halogens is 2. The molecule has 3 aromatic rings. The molecule has 1 amide bonds. The smallest absolute Gasteiger partial charge is 0.287 e. The van der Waals surface area contributed by atoms with Gasteiger partial charge in [-0.1, -0.05) is 76.6 Å². The zero-order valence-corrected chi connectivity index (χ0v) is 19.4. The molecular formula is C23H18Br2N4O2. The first kappa shape index (κ1) is 21.3. The van der Waals surface area contributed by atoms with Crippen LogP contribution in [0.1, 0.15) is 23.1 Å². The van der Waals surface area contributed by atoms with Gasteiger partial charge in [0.2, 0.25) is 0 Å². The lowest BCUT2D eigenvalue weighted by atomic mass is 9.80. The first-order chi connectivity index (χ1) is 15.0. The SMILES string of the molecule is O=C(N/N=C/c1cc(O)c(Br)cc1Br)C1=NNC(c2ccccc2)(c2ccccc2)C1. The maximum atomic E-state index is 12.7. The molecule has 4 rings (SSSR count). The van der Waals surface area contributed by atoms with E-state index in [0.29, 0.717) is 22.2 Å².